The van der Waals surface area contributed by atoms with Gasteiger partial charge in [-0.2, -0.15) is 13.2 Å². The van der Waals surface area contributed by atoms with Crippen molar-refractivity contribution in [3.05, 3.63) is 33.4 Å². The summed E-state index contributed by atoms with van der Waals surface area (Å²) < 4.78 is 38.7. The summed E-state index contributed by atoms with van der Waals surface area (Å²) in [5.74, 6) is 0. The van der Waals surface area contributed by atoms with Crippen molar-refractivity contribution in [2.45, 2.75) is 59.7 Å². The molecule has 1 aromatic rings. The third-order valence-corrected chi connectivity index (χ3v) is 5.68. The Balaban J connectivity index is 0.00000312. The number of rotatable bonds is 4. The number of benzene rings is 1. The summed E-state index contributed by atoms with van der Waals surface area (Å²) in [6, 6.07) is -0.160. The van der Waals surface area contributed by atoms with Gasteiger partial charge in [-0.3, -0.25) is 4.90 Å². The normalized spacial score (nSPS) is 16.6. The molecule has 1 saturated heterocycles. The molecule has 0 aliphatic carbocycles. The van der Waals surface area contributed by atoms with Crippen molar-refractivity contribution in [1.82, 2.24) is 10.2 Å². The van der Waals surface area contributed by atoms with Crippen LogP contribution in [0.15, 0.2) is 0 Å². The molecular formula is C19H31Cl2F3N2. The first kappa shape index (κ1) is 25.5. The number of nitrogens with zero attached hydrogens (tertiary/aromatic N) is 1. The molecule has 1 heterocycles. The summed E-state index contributed by atoms with van der Waals surface area (Å²) in [7, 11) is 0. The number of piperazine rings is 1. The second-order valence-corrected chi connectivity index (χ2v) is 6.99. The minimum atomic E-state index is -4.11. The summed E-state index contributed by atoms with van der Waals surface area (Å²) in [5.41, 5.74) is 7.09. The van der Waals surface area contributed by atoms with Gasteiger partial charge >= 0.3 is 6.18 Å². The summed E-state index contributed by atoms with van der Waals surface area (Å²) in [6.45, 7) is 13.7. The van der Waals surface area contributed by atoms with E-state index in [9.17, 15) is 13.2 Å². The van der Waals surface area contributed by atoms with Gasteiger partial charge < -0.3 is 5.32 Å². The first-order valence-corrected chi connectivity index (χ1v) is 8.72. The molecule has 0 amide bonds. The van der Waals surface area contributed by atoms with Gasteiger partial charge in [-0.1, -0.05) is 0 Å². The zero-order valence-corrected chi connectivity index (χ0v) is 17.9. The van der Waals surface area contributed by atoms with E-state index in [2.05, 4.69) is 44.8 Å². The lowest BCUT2D eigenvalue weighted by Gasteiger charge is -2.38. The maximum atomic E-state index is 12.9. The molecule has 0 unspecified atom stereocenters. The maximum absolute atomic E-state index is 12.9. The van der Waals surface area contributed by atoms with Gasteiger partial charge in [0.25, 0.3) is 0 Å². The molecule has 1 aliphatic rings. The van der Waals surface area contributed by atoms with Crippen LogP contribution in [0, 0.1) is 34.6 Å². The molecule has 1 fully saturated rings. The first-order chi connectivity index (χ1) is 11.1. The monoisotopic (exact) mass is 414 g/mol. The topological polar surface area (TPSA) is 15.3 Å². The fraction of sp³-hybridized carbons (Fsp3) is 0.684. The summed E-state index contributed by atoms with van der Waals surface area (Å²) in [4.78, 5) is 2.23. The highest BCUT2D eigenvalue weighted by Gasteiger charge is 2.33. The van der Waals surface area contributed by atoms with Gasteiger partial charge in [-0.05, 0) is 74.4 Å². The molecule has 1 aliphatic heterocycles. The molecule has 0 spiro atoms. The smallest absolute Gasteiger partial charge is 0.314 e. The summed E-state index contributed by atoms with van der Waals surface area (Å²) in [6.07, 6.45) is -4.71. The van der Waals surface area contributed by atoms with Crippen molar-refractivity contribution in [3.63, 3.8) is 0 Å². The van der Waals surface area contributed by atoms with Crippen molar-refractivity contribution in [3.8, 4) is 0 Å². The standard InChI is InChI=1S/C19H29F3N2.2ClH/c1-12-13(2)15(4)18(16(5)14(12)3)17(6-7-19(20,21)22)24-10-8-23-9-11-24;;/h17,23H,6-11H2,1-5H3;2*1H/t17-;;/m1../s1. The van der Waals surface area contributed by atoms with E-state index in [1.165, 1.54) is 16.7 Å². The molecule has 2 rings (SSSR count). The maximum Gasteiger partial charge on any atom is 0.389 e. The Kier molecular flexibility index (Phi) is 9.97. The van der Waals surface area contributed by atoms with E-state index in [0.29, 0.717) is 0 Å². The van der Waals surface area contributed by atoms with Crippen molar-refractivity contribution in [1.29, 1.82) is 0 Å². The molecule has 0 aromatic heterocycles. The van der Waals surface area contributed by atoms with Gasteiger partial charge in [0.1, 0.15) is 0 Å². The minimum Gasteiger partial charge on any atom is -0.314 e. The van der Waals surface area contributed by atoms with Crippen LogP contribution >= 0.6 is 24.8 Å². The molecule has 26 heavy (non-hydrogen) atoms. The number of alkyl halides is 3. The molecule has 7 heteroatoms. The Labute approximate surface area is 167 Å². The first-order valence-electron chi connectivity index (χ1n) is 8.72. The molecule has 1 aromatic carbocycles. The predicted molar refractivity (Wildman–Crippen MR) is 107 cm³/mol. The lowest BCUT2D eigenvalue weighted by Crippen LogP contribution is -2.45. The van der Waals surface area contributed by atoms with Crippen LogP contribution in [0.1, 0.15) is 52.3 Å². The van der Waals surface area contributed by atoms with Crippen LogP contribution in [0.4, 0.5) is 13.2 Å². The SMILES string of the molecule is Cc1c(C)c(C)c([C@@H](CCC(F)(F)F)N2CCNCC2)c(C)c1C.Cl.Cl. The summed E-state index contributed by atoms with van der Waals surface area (Å²) in [5, 5.41) is 3.29. The van der Waals surface area contributed by atoms with Crippen molar-refractivity contribution in [2.75, 3.05) is 26.2 Å². The fourth-order valence-electron chi connectivity index (χ4n) is 3.83. The van der Waals surface area contributed by atoms with Crippen LogP contribution in [-0.4, -0.2) is 37.3 Å². The van der Waals surface area contributed by atoms with Crippen LogP contribution in [0.25, 0.3) is 0 Å². The third-order valence-electron chi connectivity index (χ3n) is 5.68. The Morgan fingerprint density at radius 3 is 1.69 bits per heavy atom. The average Bonchev–Trinajstić information content (AvgIpc) is 2.54. The van der Waals surface area contributed by atoms with Crippen LogP contribution in [0.3, 0.4) is 0 Å². The molecule has 1 atom stereocenters. The van der Waals surface area contributed by atoms with Crippen LogP contribution < -0.4 is 5.32 Å². The highest BCUT2D eigenvalue weighted by atomic mass is 35.5. The van der Waals surface area contributed by atoms with E-state index >= 15 is 0 Å². The van der Waals surface area contributed by atoms with E-state index in [1.54, 1.807) is 0 Å². The minimum absolute atomic E-state index is 0. The van der Waals surface area contributed by atoms with Gasteiger partial charge in [-0.15, -0.1) is 24.8 Å². The van der Waals surface area contributed by atoms with Gasteiger partial charge in [0.05, 0.1) is 0 Å². The van der Waals surface area contributed by atoms with E-state index in [1.807, 2.05) is 0 Å². The van der Waals surface area contributed by atoms with Gasteiger partial charge in [0.15, 0.2) is 0 Å². The van der Waals surface area contributed by atoms with Crippen molar-refractivity contribution in [2.24, 2.45) is 0 Å². The van der Waals surface area contributed by atoms with Crippen molar-refractivity contribution >= 4 is 24.8 Å². The Morgan fingerprint density at radius 2 is 1.27 bits per heavy atom. The van der Waals surface area contributed by atoms with E-state index in [0.717, 1.165) is 42.9 Å². The molecule has 0 bridgehead atoms. The molecule has 2 nitrogen and oxygen atoms in total. The summed E-state index contributed by atoms with van der Waals surface area (Å²) >= 11 is 0. The lowest BCUT2D eigenvalue weighted by molar-refractivity contribution is -0.138. The predicted octanol–water partition coefficient (Wildman–Crippen LogP) is 5.36. The number of hydrogen-bond acceptors (Lipinski definition) is 2. The number of halogens is 5. The van der Waals surface area contributed by atoms with Gasteiger partial charge in [0.2, 0.25) is 0 Å². The number of hydrogen-bond donors (Lipinski definition) is 1. The van der Waals surface area contributed by atoms with Crippen LogP contribution in [-0.2, 0) is 0 Å². The van der Waals surface area contributed by atoms with Crippen LogP contribution in [0.2, 0.25) is 0 Å². The number of nitrogens with one attached hydrogen (secondary N) is 1. The molecule has 0 saturated carbocycles. The second-order valence-electron chi connectivity index (χ2n) is 6.99. The second kappa shape index (κ2) is 10.2. The Morgan fingerprint density at radius 1 is 0.846 bits per heavy atom. The molecule has 152 valence electrons. The van der Waals surface area contributed by atoms with Gasteiger partial charge in [-0.25, -0.2) is 0 Å². The quantitative estimate of drug-likeness (QED) is 0.712. The lowest BCUT2D eigenvalue weighted by atomic mass is 9.84. The van der Waals surface area contributed by atoms with E-state index in [-0.39, 0.29) is 37.3 Å². The van der Waals surface area contributed by atoms with E-state index in [4.69, 9.17) is 0 Å². The average molecular weight is 415 g/mol. The highest BCUT2D eigenvalue weighted by molar-refractivity contribution is 5.85. The Hall–Kier alpha value is -0.490. The largest absolute Gasteiger partial charge is 0.389 e. The van der Waals surface area contributed by atoms with Crippen molar-refractivity contribution < 1.29 is 13.2 Å². The highest BCUT2D eigenvalue weighted by Crippen LogP contribution is 2.38. The molecule has 1 N–H and O–H groups in total. The van der Waals surface area contributed by atoms with E-state index < -0.39 is 12.6 Å². The molecule has 0 radical (unpaired) electrons. The Bertz CT molecular complexity index is 568. The van der Waals surface area contributed by atoms with Crippen LogP contribution in [0.5, 0.6) is 0 Å². The molecular weight excluding hydrogens is 384 g/mol. The zero-order valence-electron chi connectivity index (χ0n) is 16.2. The van der Waals surface area contributed by atoms with Gasteiger partial charge in [0, 0.05) is 38.6 Å². The zero-order chi connectivity index (χ0) is 18.1. The third kappa shape index (κ3) is 5.75. The fourth-order valence-corrected chi connectivity index (χ4v) is 3.83.